The van der Waals surface area contributed by atoms with Crippen molar-refractivity contribution in [2.24, 2.45) is 5.73 Å². The molecule has 0 radical (unpaired) electrons. The lowest BCUT2D eigenvalue weighted by atomic mass is 9.80. The molecule has 0 amide bonds. The van der Waals surface area contributed by atoms with Crippen LogP contribution in [-0.4, -0.2) is 43.1 Å². The van der Waals surface area contributed by atoms with Gasteiger partial charge in [0, 0.05) is 30.4 Å². The maximum absolute atomic E-state index is 13.2. The molecule has 1 aliphatic carbocycles. The van der Waals surface area contributed by atoms with Crippen LogP contribution >= 0.6 is 0 Å². The molecule has 3 atom stereocenters. The molecule has 33 heavy (non-hydrogen) atoms. The van der Waals surface area contributed by atoms with Crippen molar-refractivity contribution in [3.63, 3.8) is 0 Å². The van der Waals surface area contributed by atoms with Gasteiger partial charge in [-0.25, -0.2) is 9.97 Å². The lowest BCUT2D eigenvalue weighted by Gasteiger charge is -2.46. The summed E-state index contributed by atoms with van der Waals surface area (Å²) < 4.78 is 6.36. The largest absolute Gasteiger partial charge is 0.386 e. The van der Waals surface area contributed by atoms with E-state index in [1.165, 1.54) is 0 Å². The molecule has 1 saturated heterocycles. The average Bonchev–Trinajstić information content (AvgIpc) is 3.60. The first-order chi connectivity index (χ1) is 15.8. The third-order valence-electron chi connectivity index (χ3n) is 6.96. The molecule has 1 spiro atoms. The SMILES string of the molecule is C[C@@]1(O)[C@@H](N)C[C@@H](c2ccncc2CC(=O)c2nc(-c3ccccc3)cnc2N)OC12CC2. The van der Waals surface area contributed by atoms with Crippen LogP contribution in [0, 0.1) is 0 Å². The second-order valence-corrected chi connectivity index (χ2v) is 9.12. The molecule has 170 valence electrons. The van der Waals surface area contributed by atoms with Gasteiger partial charge in [-0.3, -0.25) is 9.78 Å². The van der Waals surface area contributed by atoms with Crippen LogP contribution in [-0.2, 0) is 11.2 Å². The maximum atomic E-state index is 13.2. The first-order valence-electron chi connectivity index (χ1n) is 11.1. The standard InChI is InChI=1S/C25H27N5O3/c1-24(32)21(26)12-20(33-25(24)8-9-25)17-7-10-28-13-16(17)11-19(31)22-23(27)29-14-18(30-22)15-5-3-2-4-6-15/h2-7,10,13-14,20-21,32H,8-9,11-12,26H2,1H3,(H2,27,29)/t20-,21-,24+/m0/s1. The minimum absolute atomic E-state index is 0.0544. The van der Waals surface area contributed by atoms with Crippen LogP contribution in [0.3, 0.4) is 0 Å². The molecule has 5 rings (SSSR count). The van der Waals surface area contributed by atoms with Gasteiger partial charge in [0.15, 0.2) is 11.6 Å². The molecule has 1 aliphatic heterocycles. The Labute approximate surface area is 192 Å². The lowest BCUT2D eigenvalue weighted by Crippen LogP contribution is -2.60. The van der Waals surface area contributed by atoms with Crippen LogP contribution < -0.4 is 11.5 Å². The number of nitrogens with two attached hydrogens (primary N) is 2. The van der Waals surface area contributed by atoms with Crippen LogP contribution in [0.1, 0.15) is 53.9 Å². The first kappa shape index (κ1) is 21.6. The summed E-state index contributed by atoms with van der Waals surface area (Å²) in [5.74, 6) is -0.158. The quantitative estimate of drug-likeness (QED) is 0.510. The van der Waals surface area contributed by atoms with Gasteiger partial charge in [-0.1, -0.05) is 30.3 Å². The number of carbonyl (C=O) groups excluding carboxylic acids is 1. The zero-order valence-electron chi connectivity index (χ0n) is 18.4. The third kappa shape index (κ3) is 3.80. The third-order valence-corrected chi connectivity index (χ3v) is 6.96. The Kier molecular flexibility index (Phi) is 5.23. The smallest absolute Gasteiger partial charge is 0.189 e. The number of benzene rings is 1. The molecule has 8 heteroatoms. The van der Waals surface area contributed by atoms with E-state index in [1.807, 2.05) is 36.4 Å². The number of nitrogens with zero attached hydrogens (tertiary/aromatic N) is 3. The Morgan fingerprint density at radius 2 is 1.97 bits per heavy atom. The highest BCUT2D eigenvalue weighted by molar-refractivity contribution is 5.99. The topological polar surface area (TPSA) is 137 Å². The first-order valence-corrected chi connectivity index (χ1v) is 11.1. The normalized spacial score (nSPS) is 25.7. The summed E-state index contributed by atoms with van der Waals surface area (Å²) in [5.41, 5.74) is 13.8. The second-order valence-electron chi connectivity index (χ2n) is 9.12. The predicted octanol–water partition coefficient (Wildman–Crippen LogP) is 2.62. The van der Waals surface area contributed by atoms with Crippen LogP contribution in [0.15, 0.2) is 55.0 Å². The summed E-state index contributed by atoms with van der Waals surface area (Å²) in [6.45, 7) is 1.75. The van der Waals surface area contributed by atoms with Crippen molar-refractivity contribution >= 4 is 11.6 Å². The Hall–Kier alpha value is -3.20. The zero-order chi connectivity index (χ0) is 23.2. The van der Waals surface area contributed by atoms with Gasteiger partial charge in [0.05, 0.1) is 23.6 Å². The summed E-state index contributed by atoms with van der Waals surface area (Å²) in [4.78, 5) is 26.2. The Bertz CT molecular complexity index is 1190. The number of hydrogen-bond donors (Lipinski definition) is 3. The van der Waals surface area contributed by atoms with E-state index < -0.39 is 17.2 Å². The zero-order valence-corrected chi connectivity index (χ0v) is 18.4. The number of nitrogen functional groups attached to an aromatic ring is 1. The molecule has 3 heterocycles. The molecule has 2 aliphatic rings. The van der Waals surface area contributed by atoms with Gasteiger partial charge in [0.1, 0.15) is 11.3 Å². The number of carbonyl (C=O) groups is 1. The maximum Gasteiger partial charge on any atom is 0.189 e. The van der Waals surface area contributed by atoms with Crippen molar-refractivity contribution in [1.29, 1.82) is 0 Å². The van der Waals surface area contributed by atoms with Crippen LogP contribution in [0.2, 0.25) is 0 Å². The van der Waals surface area contributed by atoms with E-state index in [9.17, 15) is 9.90 Å². The number of rotatable bonds is 5. The molecule has 2 aromatic heterocycles. The fraction of sp³-hybridized carbons (Fsp3) is 0.360. The highest BCUT2D eigenvalue weighted by Gasteiger charge is 2.64. The number of anilines is 1. The van der Waals surface area contributed by atoms with E-state index in [0.29, 0.717) is 12.1 Å². The number of ketones is 1. The van der Waals surface area contributed by atoms with Crippen molar-refractivity contribution in [2.45, 2.75) is 56.0 Å². The molecular formula is C25H27N5O3. The van der Waals surface area contributed by atoms with Crippen LogP contribution in [0.4, 0.5) is 5.82 Å². The molecule has 0 bridgehead atoms. The van der Waals surface area contributed by atoms with E-state index in [0.717, 1.165) is 29.5 Å². The number of hydrogen-bond acceptors (Lipinski definition) is 8. The lowest BCUT2D eigenvalue weighted by molar-refractivity contribution is -0.196. The summed E-state index contributed by atoms with van der Waals surface area (Å²) in [6.07, 6.45) is 6.62. The summed E-state index contributed by atoms with van der Waals surface area (Å²) in [7, 11) is 0. The average molecular weight is 446 g/mol. The number of pyridine rings is 1. The molecule has 0 unspecified atom stereocenters. The van der Waals surface area contributed by atoms with Crippen molar-refractivity contribution in [3.05, 3.63) is 71.8 Å². The number of Topliss-reactive ketones (excluding diaryl/α,β-unsaturated/α-hetero) is 1. The van der Waals surface area contributed by atoms with Crippen molar-refractivity contribution in [2.75, 3.05) is 5.73 Å². The molecule has 1 aromatic carbocycles. The number of aromatic nitrogens is 3. The van der Waals surface area contributed by atoms with E-state index in [-0.39, 0.29) is 29.8 Å². The Morgan fingerprint density at radius 3 is 2.70 bits per heavy atom. The monoisotopic (exact) mass is 445 g/mol. The van der Waals surface area contributed by atoms with Crippen LogP contribution in [0.25, 0.3) is 11.3 Å². The van der Waals surface area contributed by atoms with Gasteiger partial charge >= 0.3 is 0 Å². The molecule has 3 aromatic rings. The molecular weight excluding hydrogens is 418 g/mol. The van der Waals surface area contributed by atoms with Gasteiger partial charge in [-0.2, -0.15) is 0 Å². The Balaban J connectivity index is 1.42. The summed E-state index contributed by atoms with van der Waals surface area (Å²) in [6, 6.07) is 10.9. The molecule has 5 N–H and O–H groups in total. The summed E-state index contributed by atoms with van der Waals surface area (Å²) >= 11 is 0. The number of ether oxygens (including phenoxy) is 1. The molecule has 2 fully saturated rings. The second kappa shape index (κ2) is 7.98. The minimum atomic E-state index is -1.07. The van der Waals surface area contributed by atoms with Crippen LogP contribution in [0.5, 0.6) is 0 Å². The van der Waals surface area contributed by atoms with E-state index in [4.69, 9.17) is 16.2 Å². The van der Waals surface area contributed by atoms with Crippen molar-refractivity contribution in [1.82, 2.24) is 15.0 Å². The van der Waals surface area contributed by atoms with Gasteiger partial charge in [0.2, 0.25) is 0 Å². The Morgan fingerprint density at radius 1 is 1.21 bits per heavy atom. The van der Waals surface area contributed by atoms with Gasteiger partial charge < -0.3 is 21.3 Å². The molecule has 8 nitrogen and oxygen atoms in total. The minimum Gasteiger partial charge on any atom is -0.386 e. The predicted molar refractivity (Wildman–Crippen MR) is 123 cm³/mol. The van der Waals surface area contributed by atoms with E-state index in [2.05, 4.69) is 15.0 Å². The van der Waals surface area contributed by atoms with Crippen molar-refractivity contribution < 1.29 is 14.6 Å². The van der Waals surface area contributed by atoms with E-state index >= 15 is 0 Å². The summed E-state index contributed by atoms with van der Waals surface area (Å²) in [5, 5.41) is 10.9. The number of aliphatic hydroxyl groups is 1. The fourth-order valence-corrected chi connectivity index (χ4v) is 4.67. The van der Waals surface area contributed by atoms with Gasteiger partial charge in [-0.05, 0) is 43.4 Å². The highest BCUT2D eigenvalue weighted by atomic mass is 16.5. The van der Waals surface area contributed by atoms with Crippen molar-refractivity contribution in [3.8, 4) is 11.3 Å². The van der Waals surface area contributed by atoms with E-state index in [1.54, 1.807) is 25.5 Å². The highest BCUT2D eigenvalue weighted by Crippen LogP contribution is 2.56. The van der Waals surface area contributed by atoms with Gasteiger partial charge in [0.25, 0.3) is 0 Å². The fourth-order valence-electron chi connectivity index (χ4n) is 4.67. The molecule has 1 saturated carbocycles. The van der Waals surface area contributed by atoms with Gasteiger partial charge in [-0.15, -0.1) is 0 Å².